The SMILES string of the molecule is CN1CC(CCCN)c2c1cccc2C(F)(F)F. The Hall–Kier alpha value is -1.23. The molecule has 100 valence electrons. The van der Waals surface area contributed by atoms with Crippen molar-refractivity contribution in [2.24, 2.45) is 5.73 Å². The molecular formula is C13H17F3N2. The molecule has 0 radical (unpaired) electrons. The molecule has 0 amide bonds. The fraction of sp³-hybridized carbons (Fsp3) is 0.538. The van der Waals surface area contributed by atoms with Crippen LogP contribution in [0.1, 0.15) is 29.9 Å². The second-order valence-corrected chi connectivity index (χ2v) is 4.74. The van der Waals surface area contributed by atoms with Crippen LogP contribution in [0.3, 0.4) is 0 Å². The van der Waals surface area contributed by atoms with Gasteiger partial charge >= 0.3 is 6.18 Å². The van der Waals surface area contributed by atoms with E-state index in [1.165, 1.54) is 12.1 Å². The smallest absolute Gasteiger partial charge is 0.374 e. The van der Waals surface area contributed by atoms with Crippen LogP contribution in [-0.2, 0) is 6.18 Å². The summed E-state index contributed by atoms with van der Waals surface area (Å²) in [6.45, 7) is 1.16. The zero-order chi connectivity index (χ0) is 13.3. The Labute approximate surface area is 105 Å². The molecule has 0 aromatic heterocycles. The van der Waals surface area contributed by atoms with Crippen LogP contribution in [0.25, 0.3) is 0 Å². The fourth-order valence-corrected chi connectivity index (χ4v) is 2.68. The predicted molar refractivity (Wildman–Crippen MR) is 65.7 cm³/mol. The number of halogens is 3. The maximum atomic E-state index is 13.0. The van der Waals surface area contributed by atoms with E-state index in [9.17, 15) is 13.2 Å². The van der Waals surface area contributed by atoms with E-state index in [0.717, 1.165) is 6.42 Å². The monoisotopic (exact) mass is 258 g/mol. The van der Waals surface area contributed by atoms with Gasteiger partial charge in [-0.1, -0.05) is 6.07 Å². The van der Waals surface area contributed by atoms with Gasteiger partial charge in [0.1, 0.15) is 0 Å². The summed E-state index contributed by atoms with van der Waals surface area (Å²) in [7, 11) is 1.83. The number of fused-ring (bicyclic) bond motifs is 1. The van der Waals surface area contributed by atoms with Gasteiger partial charge in [0.05, 0.1) is 5.56 Å². The standard InChI is InChI=1S/C13H17F3N2/c1-18-8-9(4-3-7-17)12-10(13(14,15)16)5-2-6-11(12)18/h2,5-6,9H,3-4,7-8,17H2,1H3. The van der Waals surface area contributed by atoms with Crippen LogP contribution in [0.2, 0.25) is 0 Å². The number of rotatable bonds is 3. The van der Waals surface area contributed by atoms with Gasteiger partial charge in [0.2, 0.25) is 0 Å². The van der Waals surface area contributed by atoms with Gasteiger partial charge in [-0.25, -0.2) is 0 Å². The molecule has 0 fully saturated rings. The zero-order valence-corrected chi connectivity index (χ0v) is 10.3. The van der Waals surface area contributed by atoms with Gasteiger partial charge in [-0.3, -0.25) is 0 Å². The van der Waals surface area contributed by atoms with Gasteiger partial charge < -0.3 is 10.6 Å². The molecule has 18 heavy (non-hydrogen) atoms. The lowest BCUT2D eigenvalue weighted by molar-refractivity contribution is -0.138. The second kappa shape index (κ2) is 4.80. The molecule has 0 saturated heterocycles. The first-order valence-corrected chi connectivity index (χ1v) is 6.06. The zero-order valence-electron chi connectivity index (χ0n) is 10.3. The second-order valence-electron chi connectivity index (χ2n) is 4.74. The first-order valence-electron chi connectivity index (χ1n) is 6.06. The van der Waals surface area contributed by atoms with Crippen LogP contribution in [0.4, 0.5) is 18.9 Å². The largest absolute Gasteiger partial charge is 0.416 e. The number of alkyl halides is 3. The van der Waals surface area contributed by atoms with Crippen LogP contribution in [-0.4, -0.2) is 20.1 Å². The molecule has 1 heterocycles. The van der Waals surface area contributed by atoms with Crippen LogP contribution in [0.5, 0.6) is 0 Å². The quantitative estimate of drug-likeness (QED) is 0.903. The average Bonchev–Trinajstić information content (AvgIpc) is 2.63. The minimum Gasteiger partial charge on any atom is -0.374 e. The molecule has 1 atom stereocenters. The molecular weight excluding hydrogens is 241 g/mol. The lowest BCUT2D eigenvalue weighted by atomic mass is 9.92. The minimum absolute atomic E-state index is 0.0635. The van der Waals surface area contributed by atoms with E-state index < -0.39 is 11.7 Å². The van der Waals surface area contributed by atoms with Crippen molar-refractivity contribution in [2.75, 3.05) is 25.0 Å². The summed E-state index contributed by atoms with van der Waals surface area (Å²) in [5, 5.41) is 0. The maximum absolute atomic E-state index is 13.0. The molecule has 1 aromatic carbocycles. The van der Waals surface area contributed by atoms with Gasteiger partial charge in [-0.2, -0.15) is 13.2 Å². The van der Waals surface area contributed by atoms with Crippen LogP contribution < -0.4 is 10.6 Å². The van der Waals surface area contributed by atoms with Crippen molar-refractivity contribution in [2.45, 2.75) is 24.9 Å². The highest BCUT2D eigenvalue weighted by Gasteiger charge is 2.39. The first kappa shape index (κ1) is 13.2. The molecule has 2 rings (SSSR count). The highest BCUT2D eigenvalue weighted by atomic mass is 19.4. The summed E-state index contributed by atoms with van der Waals surface area (Å²) in [4.78, 5) is 1.89. The van der Waals surface area contributed by atoms with E-state index >= 15 is 0 Å². The highest BCUT2D eigenvalue weighted by molar-refractivity contribution is 5.63. The minimum atomic E-state index is -4.28. The maximum Gasteiger partial charge on any atom is 0.416 e. The van der Waals surface area contributed by atoms with Crippen molar-refractivity contribution in [3.8, 4) is 0 Å². The molecule has 5 heteroatoms. The Morgan fingerprint density at radius 3 is 2.72 bits per heavy atom. The summed E-state index contributed by atoms with van der Waals surface area (Å²) >= 11 is 0. The van der Waals surface area contributed by atoms with Crippen LogP contribution in [0, 0.1) is 0 Å². The molecule has 0 bridgehead atoms. The van der Waals surface area contributed by atoms with Crippen molar-refractivity contribution in [1.82, 2.24) is 0 Å². The molecule has 2 nitrogen and oxygen atoms in total. The molecule has 0 spiro atoms. The summed E-state index contributed by atoms with van der Waals surface area (Å²) in [5.41, 5.74) is 6.10. The Kier molecular flexibility index (Phi) is 3.52. The van der Waals surface area contributed by atoms with E-state index in [2.05, 4.69) is 0 Å². The lowest BCUT2D eigenvalue weighted by Gasteiger charge is -2.16. The summed E-state index contributed by atoms with van der Waals surface area (Å²) in [5.74, 6) is -0.0635. The van der Waals surface area contributed by atoms with Crippen LogP contribution >= 0.6 is 0 Å². The molecule has 1 aliphatic rings. The Morgan fingerprint density at radius 1 is 1.39 bits per heavy atom. The van der Waals surface area contributed by atoms with Gasteiger partial charge in [0.15, 0.2) is 0 Å². The van der Waals surface area contributed by atoms with Crippen molar-refractivity contribution < 1.29 is 13.2 Å². The molecule has 1 unspecified atom stereocenters. The normalized spacial score (nSPS) is 19.2. The van der Waals surface area contributed by atoms with E-state index in [-0.39, 0.29) is 5.92 Å². The number of likely N-dealkylation sites (N-methyl/N-ethyl adjacent to an activating group) is 1. The fourth-order valence-electron chi connectivity index (χ4n) is 2.68. The molecule has 1 aromatic rings. The van der Waals surface area contributed by atoms with E-state index in [4.69, 9.17) is 5.73 Å². The lowest BCUT2D eigenvalue weighted by Crippen LogP contribution is -2.16. The van der Waals surface area contributed by atoms with Gasteiger partial charge in [-0.15, -0.1) is 0 Å². The summed E-state index contributed by atoms with van der Waals surface area (Å²) in [6, 6.07) is 4.41. The number of hydrogen-bond acceptors (Lipinski definition) is 2. The van der Waals surface area contributed by atoms with E-state index in [1.54, 1.807) is 6.07 Å². The number of nitrogens with two attached hydrogens (primary N) is 1. The molecule has 0 aliphatic carbocycles. The molecule has 0 saturated carbocycles. The molecule has 2 N–H and O–H groups in total. The first-order chi connectivity index (χ1) is 8.45. The third-order valence-electron chi connectivity index (χ3n) is 3.46. The highest BCUT2D eigenvalue weighted by Crippen LogP contribution is 2.45. The van der Waals surface area contributed by atoms with E-state index in [1.807, 2.05) is 11.9 Å². The van der Waals surface area contributed by atoms with Gasteiger partial charge in [0.25, 0.3) is 0 Å². The summed E-state index contributed by atoms with van der Waals surface area (Å²) in [6.07, 6.45) is -2.82. The Bertz CT molecular complexity index is 429. The van der Waals surface area contributed by atoms with E-state index in [0.29, 0.717) is 30.8 Å². The number of hydrogen-bond donors (Lipinski definition) is 1. The Balaban J connectivity index is 2.42. The Morgan fingerprint density at radius 2 is 2.11 bits per heavy atom. The summed E-state index contributed by atoms with van der Waals surface area (Å²) < 4.78 is 39.1. The third kappa shape index (κ3) is 2.32. The molecule has 1 aliphatic heterocycles. The van der Waals surface area contributed by atoms with Gasteiger partial charge in [-0.05, 0) is 37.1 Å². The predicted octanol–water partition coefficient (Wildman–Crippen LogP) is 2.98. The van der Waals surface area contributed by atoms with Crippen molar-refractivity contribution in [1.29, 1.82) is 0 Å². The number of anilines is 1. The third-order valence-corrected chi connectivity index (χ3v) is 3.46. The van der Waals surface area contributed by atoms with Crippen molar-refractivity contribution in [3.05, 3.63) is 29.3 Å². The van der Waals surface area contributed by atoms with Gasteiger partial charge in [0, 0.05) is 25.2 Å². The number of nitrogens with zero attached hydrogens (tertiary/aromatic N) is 1. The topological polar surface area (TPSA) is 29.3 Å². The average molecular weight is 258 g/mol. The van der Waals surface area contributed by atoms with Crippen molar-refractivity contribution in [3.63, 3.8) is 0 Å². The number of benzene rings is 1. The van der Waals surface area contributed by atoms with Crippen LogP contribution in [0.15, 0.2) is 18.2 Å². The van der Waals surface area contributed by atoms with Crippen molar-refractivity contribution >= 4 is 5.69 Å².